The number of carbonyl (C=O) groups is 2. The molecule has 0 saturated carbocycles. The van der Waals surface area contributed by atoms with Crippen LogP contribution < -0.4 is 0 Å². The zero-order valence-electron chi connectivity index (χ0n) is 11.4. The van der Waals surface area contributed by atoms with E-state index in [4.69, 9.17) is 4.74 Å². The number of hydrogen-bond donors (Lipinski definition) is 1. The van der Waals surface area contributed by atoms with Gasteiger partial charge in [0.05, 0.1) is 21.8 Å². The van der Waals surface area contributed by atoms with Crippen molar-refractivity contribution in [3.63, 3.8) is 0 Å². The van der Waals surface area contributed by atoms with Gasteiger partial charge in [-0.1, -0.05) is 0 Å². The summed E-state index contributed by atoms with van der Waals surface area (Å²) in [4.78, 5) is 29.4. The number of thiazole rings is 1. The number of fused-ring (bicyclic) bond motifs is 1. The third-order valence-electron chi connectivity index (χ3n) is 3.72. The number of ether oxygens (including phenoxy) is 1. The topological polar surface area (TPSA) is 79.7 Å². The summed E-state index contributed by atoms with van der Waals surface area (Å²) in [5.74, 6) is -1.28. The number of likely N-dealkylation sites (tertiary alicyclic amines) is 1. The van der Waals surface area contributed by atoms with Gasteiger partial charge in [-0.25, -0.2) is 9.78 Å². The second-order valence-corrected chi connectivity index (χ2v) is 5.83. The summed E-state index contributed by atoms with van der Waals surface area (Å²) in [5.41, 5.74) is 3.03. The van der Waals surface area contributed by atoms with Gasteiger partial charge in [0.1, 0.15) is 6.04 Å². The molecule has 1 saturated heterocycles. The second kappa shape index (κ2) is 5.42. The summed E-state index contributed by atoms with van der Waals surface area (Å²) < 4.78 is 6.11. The van der Waals surface area contributed by atoms with Crippen LogP contribution in [0.4, 0.5) is 0 Å². The first-order chi connectivity index (χ1) is 10.1. The van der Waals surface area contributed by atoms with Gasteiger partial charge in [-0.05, 0) is 18.2 Å². The maximum atomic E-state index is 12.6. The number of benzene rings is 1. The molecule has 1 N–H and O–H groups in total. The van der Waals surface area contributed by atoms with Gasteiger partial charge >= 0.3 is 5.97 Å². The molecule has 2 aromatic rings. The summed E-state index contributed by atoms with van der Waals surface area (Å²) in [5, 5.41) is 9.27. The molecule has 1 aliphatic heterocycles. The van der Waals surface area contributed by atoms with Gasteiger partial charge in [-0.15, -0.1) is 11.3 Å². The minimum Gasteiger partial charge on any atom is -0.480 e. The van der Waals surface area contributed by atoms with Gasteiger partial charge in [-0.2, -0.15) is 0 Å². The minimum absolute atomic E-state index is 0.234. The third-order valence-corrected chi connectivity index (χ3v) is 4.51. The van der Waals surface area contributed by atoms with Crippen LogP contribution in [0, 0.1) is 0 Å². The van der Waals surface area contributed by atoms with E-state index in [-0.39, 0.29) is 12.0 Å². The maximum absolute atomic E-state index is 12.6. The standard InChI is InChI=1S/C14H14N2O4S/c1-20-9-5-11(14(18)19)16(6-9)13(17)8-2-3-10-12(4-8)21-7-15-10/h2-4,7,9,11H,5-6H2,1H3,(H,18,19). The molecule has 0 spiro atoms. The molecule has 1 fully saturated rings. The summed E-state index contributed by atoms with van der Waals surface area (Å²) in [7, 11) is 1.53. The van der Waals surface area contributed by atoms with Crippen LogP contribution in [0.3, 0.4) is 0 Å². The van der Waals surface area contributed by atoms with Crippen LogP contribution in [0.15, 0.2) is 23.7 Å². The lowest BCUT2D eigenvalue weighted by Crippen LogP contribution is -2.40. The number of aromatic nitrogens is 1. The molecule has 21 heavy (non-hydrogen) atoms. The summed E-state index contributed by atoms with van der Waals surface area (Å²) in [6.07, 6.45) is 0.0857. The van der Waals surface area contributed by atoms with Gasteiger partial charge in [0.15, 0.2) is 0 Å². The van der Waals surface area contributed by atoms with Crippen molar-refractivity contribution in [1.82, 2.24) is 9.88 Å². The van der Waals surface area contributed by atoms with E-state index >= 15 is 0 Å². The first kappa shape index (κ1) is 14.0. The Kier molecular flexibility index (Phi) is 3.60. The van der Waals surface area contributed by atoms with Crippen molar-refractivity contribution in [3.8, 4) is 0 Å². The van der Waals surface area contributed by atoms with Crippen molar-refractivity contribution in [2.75, 3.05) is 13.7 Å². The SMILES string of the molecule is COC1CC(C(=O)O)N(C(=O)c2ccc3ncsc3c2)C1. The molecule has 6 nitrogen and oxygen atoms in total. The quantitative estimate of drug-likeness (QED) is 0.932. The second-order valence-electron chi connectivity index (χ2n) is 4.94. The van der Waals surface area contributed by atoms with Crippen LogP contribution in [-0.4, -0.2) is 52.7 Å². The number of hydrogen-bond acceptors (Lipinski definition) is 5. The van der Waals surface area contributed by atoms with E-state index in [1.807, 2.05) is 0 Å². The molecule has 0 radical (unpaired) electrons. The van der Waals surface area contributed by atoms with Gasteiger partial charge < -0.3 is 14.7 Å². The average molecular weight is 306 g/mol. The van der Waals surface area contributed by atoms with Crippen molar-refractivity contribution >= 4 is 33.4 Å². The lowest BCUT2D eigenvalue weighted by atomic mass is 10.1. The Morgan fingerprint density at radius 2 is 2.29 bits per heavy atom. The zero-order valence-corrected chi connectivity index (χ0v) is 12.2. The third kappa shape index (κ3) is 2.50. The molecule has 7 heteroatoms. The summed E-state index contributed by atoms with van der Waals surface area (Å²) in [6.45, 7) is 0.299. The van der Waals surface area contributed by atoms with Crippen LogP contribution in [0.2, 0.25) is 0 Å². The van der Waals surface area contributed by atoms with Crippen molar-refractivity contribution in [1.29, 1.82) is 0 Å². The molecule has 110 valence electrons. The molecule has 0 bridgehead atoms. The highest BCUT2D eigenvalue weighted by Crippen LogP contribution is 2.25. The summed E-state index contributed by atoms with van der Waals surface area (Å²) >= 11 is 1.45. The molecule has 1 aliphatic rings. The number of amides is 1. The van der Waals surface area contributed by atoms with Crippen LogP contribution >= 0.6 is 11.3 Å². The van der Waals surface area contributed by atoms with E-state index in [2.05, 4.69) is 4.98 Å². The highest BCUT2D eigenvalue weighted by Gasteiger charge is 2.40. The van der Waals surface area contributed by atoms with Crippen molar-refractivity contribution in [2.45, 2.75) is 18.6 Å². The molecular weight excluding hydrogens is 292 g/mol. The Morgan fingerprint density at radius 3 is 3.00 bits per heavy atom. The van der Waals surface area contributed by atoms with Crippen molar-refractivity contribution in [2.24, 2.45) is 0 Å². The van der Waals surface area contributed by atoms with Crippen LogP contribution in [0.25, 0.3) is 10.2 Å². The minimum atomic E-state index is -0.998. The van der Waals surface area contributed by atoms with E-state index in [0.717, 1.165) is 10.2 Å². The monoisotopic (exact) mass is 306 g/mol. The maximum Gasteiger partial charge on any atom is 0.326 e. The van der Waals surface area contributed by atoms with Crippen LogP contribution in [-0.2, 0) is 9.53 Å². The highest BCUT2D eigenvalue weighted by atomic mass is 32.1. The van der Waals surface area contributed by atoms with Gasteiger partial charge in [0, 0.05) is 25.6 Å². The zero-order chi connectivity index (χ0) is 15.0. The number of nitrogens with zero attached hydrogens (tertiary/aromatic N) is 2. The van der Waals surface area contributed by atoms with Crippen molar-refractivity contribution < 1.29 is 19.4 Å². The number of carboxylic acids is 1. The smallest absolute Gasteiger partial charge is 0.326 e. The lowest BCUT2D eigenvalue weighted by molar-refractivity contribution is -0.141. The van der Waals surface area contributed by atoms with E-state index in [1.165, 1.54) is 23.3 Å². The van der Waals surface area contributed by atoms with Crippen LogP contribution in [0.5, 0.6) is 0 Å². The molecule has 1 aromatic carbocycles. The molecule has 1 aromatic heterocycles. The fourth-order valence-electron chi connectivity index (χ4n) is 2.58. The average Bonchev–Trinajstić information content (AvgIpc) is 3.11. The Hall–Kier alpha value is -1.99. The molecular formula is C14H14N2O4S. The predicted molar refractivity (Wildman–Crippen MR) is 77.5 cm³/mol. The normalized spacial score (nSPS) is 21.9. The fourth-order valence-corrected chi connectivity index (χ4v) is 3.30. The van der Waals surface area contributed by atoms with Gasteiger partial charge in [0.2, 0.25) is 0 Å². The Labute approximate surface area is 125 Å². The summed E-state index contributed by atoms with van der Waals surface area (Å²) in [6, 6.07) is 4.39. The molecule has 2 atom stereocenters. The van der Waals surface area contributed by atoms with E-state index in [1.54, 1.807) is 23.7 Å². The van der Waals surface area contributed by atoms with E-state index < -0.39 is 12.0 Å². The largest absolute Gasteiger partial charge is 0.480 e. The lowest BCUT2D eigenvalue weighted by Gasteiger charge is -2.21. The Bertz CT molecular complexity index is 699. The highest BCUT2D eigenvalue weighted by molar-refractivity contribution is 7.16. The van der Waals surface area contributed by atoms with Gasteiger partial charge in [-0.3, -0.25) is 4.79 Å². The predicted octanol–water partition coefficient (Wildman–Crippen LogP) is 1.61. The van der Waals surface area contributed by atoms with Crippen LogP contribution in [0.1, 0.15) is 16.8 Å². The molecule has 1 amide bonds. The van der Waals surface area contributed by atoms with E-state index in [9.17, 15) is 14.7 Å². The number of carbonyl (C=O) groups excluding carboxylic acids is 1. The van der Waals surface area contributed by atoms with Crippen molar-refractivity contribution in [3.05, 3.63) is 29.3 Å². The Balaban J connectivity index is 1.90. The number of carboxylic acid groups (broad SMARTS) is 1. The first-order valence-electron chi connectivity index (χ1n) is 6.50. The van der Waals surface area contributed by atoms with Gasteiger partial charge in [0.25, 0.3) is 5.91 Å². The molecule has 0 aliphatic carbocycles. The fraction of sp³-hybridized carbons (Fsp3) is 0.357. The molecule has 2 unspecified atom stereocenters. The van der Waals surface area contributed by atoms with E-state index in [0.29, 0.717) is 18.5 Å². The number of methoxy groups -OCH3 is 1. The first-order valence-corrected chi connectivity index (χ1v) is 7.38. The molecule has 3 rings (SSSR count). The number of rotatable bonds is 3. The molecule has 2 heterocycles. The number of aliphatic carboxylic acids is 1. The Morgan fingerprint density at radius 1 is 1.48 bits per heavy atom.